The van der Waals surface area contributed by atoms with Crippen molar-refractivity contribution < 1.29 is 0 Å². The molecule has 0 unspecified atom stereocenters. The Labute approximate surface area is 109 Å². The first-order valence-electron chi connectivity index (χ1n) is 5.84. The minimum Gasteiger partial charge on any atom is -0.289 e. The lowest BCUT2D eigenvalue weighted by atomic mass is 10.1. The SMILES string of the molecule is Cc1ccc(-c2cc(=O)c3ccccc3s2)cc1. The van der Waals surface area contributed by atoms with Crippen molar-refractivity contribution in [1.82, 2.24) is 0 Å². The second kappa shape index (κ2) is 4.39. The molecule has 2 heteroatoms. The maximum atomic E-state index is 12.0. The summed E-state index contributed by atoms with van der Waals surface area (Å²) in [6.07, 6.45) is 0. The third-order valence-electron chi connectivity index (χ3n) is 2.97. The molecule has 0 N–H and O–H groups in total. The van der Waals surface area contributed by atoms with E-state index in [9.17, 15) is 4.79 Å². The van der Waals surface area contributed by atoms with Crippen molar-refractivity contribution in [2.45, 2.75) is 6.92 Å². The minimum atomic E-state index is 0.0972. The molecular weight excluding hydrogens is 240 g/mol. The van der Waals surface area contributed by atoms with Gasteiger partial charge in [0.1, 0.15) is 0 Å². The van der Waals surface area contributed by atoms with E-state index in [0.29, 0.717) is 0 Å². The zero-order chi connectivity index (χ0) is 12.5. The molecule has 3 aromatic rings. The van der Waals surface area contributed by atoms with Gasteiger partial charge in [-0.2, -0.15) is 0 Å². The number of benzene rings is 2. The van der Waals surface area contributed by atoms with Crippen molar-refractivity contribution >= 4 is 21.4 Å². The second-order valence-electron chi connectivity index (χ2n) is 4.34. The van der Waals surface area contributed by atoms with Crippen molar-refractivity contribution in [2.75, 3.05) is 0 Å². The molecule has 0 bridgehead atoms. The number of hydrogen-bond acceptors (Lipinski definition) is 2. The summed E-state index contributed by atoms with van der Waals surface area (Å²) in [6.45, 7) is 2.06. The van der Waals surface area contributed by atoms with Crippen LogP contribution in [0.25, 0.3) is 20.5 Å². The Kier molecular flexibility index (Phi) is 2.73. The quantitative estimate of drug-likeness (QED) is 0.633. The highest BCUT2D eigenvalue weighted by molar-refractivity contribution is 7.21. The second-order valence-corrected chi connectivity index (χ2v) is 5.42. The number of hydrogen-bond donors (Lipinski definition) is 0. The predicted molar refractivity (Wildman–Crippen MR) is 78.3 cm³/mol. The molecule has 2 aromatic carbocycles. The zero-order valence-electron chi connectivity index (χ0n) is 10.0. The summed E-state index contributed by atoms with van der Waals surface area (Å²) in [6, 6.07) is 17.8. The molecule has 88 valence electrons. The summed E-state index contributed by atoms with van der Waals surface area (Å²) in [4.78, 5) is 13.1. The van der Waals surface area contributed by atoms with Gasteiger partial charge in [-0.1, -0.05) is 42.0 Å². The highest BCUT2D eigenvalue weighted by Gasteiger charge is 2.04. The van der Waals surface area contributed by atoms with E-state index in [-0.39, 0.29) is 5.43 Å². The van der Waals surface area contributed by atoms with Gasteiger partial charge in [0.15, 0.2) is 5.43 Å². The Morgan fingerprint density at radius 2 is 1.67 bits per heavy atom. The molecule has 1 aromatic heterocycles. The molecule has 0 radical (unpaired) electrons. The minimum absolute atomic E-state index is 0.0972. The molecule has 3 rings (SSSR count). The zero-order valence-corrected chi connectivity index (χ0v) is 10.8. The lowest BCUT2D eigenvalue weighted by Gasteiger charge is -2.03. The molecular formula is C16H12OS. The lowest BCUT2D eigenvalue weighted by Crippen LogP contribution is -1.98. The average molecular weight is 252 g/mol. The molecule has 1 nitrogen and oxygen atoms in total. The van der Waals surface area contributed by atoms with Crippen LogP contribution in [0.1, 0.15) is 5.56 Å². The summed E-state index contributed by atoms with van der Waals surface area (Å²) in [5.74, 6) is 0. The molecule has 0 aliphatic heterocycles. The summed E-state index contributed by atoms with van der Waals surface area (Å²) in [7, 11) is 0. The lowest BCUT2D eigenvalue weighted by molar-refractivity contribution is 1.47. The van der Waals surface area contributed by atoms with E-state index in [2.05, 4.69) is 31.2 Å². The van der Waals surface area contributed by atoms with Crippen molar-refractivity contribution in [3.8, 4) is 10.4 Å². The Morgan fingerprint density at radius 1 is 0.944 bits per heavy atom. The van der Waals surface area contributed by atoms with Gasteiger partial charge in [0.05, 0.1) is 0 Å². The van der Waals surface area contributed by atoms with Crippen LogP contribution in [-0.4, -0.2) is 0 Å². The first kappa shape index (κ1) is 11.2. The van der Waals surface area contributed by atoms with Crippen LogP contribution in [0, 0.1) is 6.92 Å². The molecule has 0 aliphatic carbocycles. The first-order valence-corrected chi connectivity index (χ1v) is 6.65. The third kappa shape index (κ3) is 1.95. The maximum Gasteiger partial charge on any atom is 0.188 e. The maximum absolute atomic E-state index is 12.0. The Balaban J connectivity index is 2.24. The van der Waals surface area contributed by atoms with Crippen molar-refractivity contribution in [1.29, 1.82) is 0 Å². The summed E-state index contributed by atoms with van der Waals surface area (Å²) in [5.41, 5.74) is 2.43. The Bertz CT molecular complexity index is 754. The summed E-state index contributed by atoms with van der Waals surface area (Å²) in [5, 5.41) is 0.804. The van der Waals surface area contributed by atoms with Crippen molar-refractivity contribution in [3.63, 3.8) is 0 Å². The molecule has 1 heterocycles. The Morgan fingerprint density at radius 3 is 2.44 bits per heavy atom. The van der Waals surface area contributed by atoms with Crippen LogP contribution in [0.15, 0.2) is 59.4 Å². The van der Waals surface area contributed by atoms with E-state index < -0.39 is 0 Å². The van der Waals surface area contributed by atoms with Gasteiger partial charge < -0.3 is 0 Å². The van der Waals surface area contributed by atoms with Crippen molar-refractivity contribution in [3.05, 3.63) is 70.4 Å². The predicted octanol–water partition coefficient (Wildman–Crippen LogP) is 4.24. The number of fused-ring (bicyclic) bond motifs is 1. The summed E-state index contributed by atoms with van der Waals surface area (Å²) < 4.78 is 1.04. The standard InChI is InChI=1S/C16H12OS/c1-11-6-8-12(9-7-11)16-10-14(17)13-4-2-3-5-15(13)18-16/h2-10H,1H3. The van der Waals surface area contributed by atoms with E-state index in [1.54, 1.807) is 17.4 Å². The first-order chi connectivity index (χ1) is 8.74. The largest absolute Gasteiger partial charge is 0.289 e. The van der Waals surface area contributed by atoms with Crippen molar-refractivity contribution in [2.24, 2.45) is 0 Å². The van der Waals surface area contributed by atoms with Gasteiger partial charge in [0, 0.05) is 21.0 Å². The molecule has 0 atom stereocenters. The molecule has 0 saturated heterocycles. The number of aryl methyl sites for hydroxylation is 1. The monoisotopic (exact) mass is 252 g/mol. The fourth-order valence-electron chi connectivity index (χ4n) is 1.96. The average Bonchev–Trinajstić information content (AvgIpc) is 2.39. The molecule has 0 spiro atoms. The van der Waals surface area contributed by atoms with Crippen LogP contribution < -0.4 is 5.43 Å². The highest BCUT2D eigenvalue weighted by Crippen LogP contribution is 2.27. The van der Waals surface area contributed by atoms with E-state index in [1.165, 1.54) is 5.56 Å². The van der Waals surface area contributed by atoms with Crippen LogP contribution in [0.4, 0.5) is 0 Å². The van der Waals surface area contributed by atoms with Crippen LogP contribution in [0.5, 0.6) is 0 Å². The normalized spacial score (nSPS) is 10.7. The fourth-order valence-corrected chi connectivity index (χ4v) is 3.05. The topological polar surface area (TPSA) is 17.1 Å². The fraction of sp³-hybridized carbons (Fsp3) is 0.0625. The van der Waals surface area contributed by atoms with Gasteiger partial charge in [-0.25, -0.2) is 0 Å². The molecule has 0 saturated carbocycles. The van der Waals surface area contributed by atoms with Gasteiger partial charge in [0.25, 0.3) is 0 Å². The van der Waals surface area contributed by atoms with E-state index >= 15 is 0 Å². The van der Waals surface area contributed by atoms with Crippen LogP contribution in [-0.2, 0) is 0 Å². The van der Waals surface area contributed by atoms with E-state index in [4.69, 9.17) is 0 Å². The summed E-state index contributed by atoms with van der Waals surface area (Å²) >= 11 is 1.66. The van der Waals surface area contributed by atoms with Crippen LogP contribution in [0.3, 0.4) is 0 Å². The van der Waals surface area contributed by atoms with Crippen LogP contribution in [0.2, 0.25) is 0 Å². The smallest absolute Gasteiger partial charge is 0.188 e. The third-order valence-corrected chi connectivity index (χ3v) is 4.12. The van der Waals surface area contributed by atoms with E-state index in [1.807, 2.05) is 24.3 Å². The molecule has 0 aliphatic rings. The Hall–Kier alpha value is -1.93. The van der Waals surface area contributed by atoms with Gasteiger partial charge in [-0.3, -0.25) is 4.79 Å². The molecule has 0 fully saturated rings. The van der Waals surface area contributed by atoms with Crippen LogP contribution >= 0.6 is 11.3 Å². The molecule has 0 amide bonds. The molecule has 18 heavy (non-hydrogen) atoms. The van der Waals surface area contributed by atoms with Gasteiger partial charge in [0.2, 0.25) is 0 Å². The highest BCUT2D eigenvalue weighted by atomic mass is 32.1. The van der Waals surface area contributed by atoms with Gasteiger partial charge in [-0.05, 0) is 24.6 Å². The number of rotatable bonds is 1. The van der Waals surface area contributed by atoms with Gasteiger partial charge in [-0.15, -0.1) is 11.3 Å². The van der Waals surface area contributed by atoms with E-state index in [0.717, 1.165) is 20.5 Å². The van der Waals surface area contributed by atoms with Gasteiger partial charge >= 0.3 is 0 Å².